The first-order chi connectivity index (χ1) is 22.0. The molecular weight excluding hydrogens is 560 g/mol. The van der Waals surface area contributed by atoms with Gasteiger partial charge in [-0.25, -0.2) is 9.59 Å². The smallest absolute Gasteiger partial charge is 0.319 e. The van der Waals surface area contributed by atoms with E-state index in [4.69, 9.17) is 0 Å². The van der Waals surface area contributed by atoms with Crippen molar-refractivity contribution in [1.82, 2.24) is 20.4 Å². The summed E-state index contributed by atoms with van der Waals surface area (Å²) in [6.45, 7) is 16.8. The summed E-state index contributed by atoms with van der Waals surface area (Å²) >= 11 is 0. The van der Waals surface area contributed by atoms with Crippen LogP contribution in [0.3, 0.4) is 0 Å². The molecule has 0 aromatic heterocycles. The standard InChI is InChI=1S/C37H62N6O2/c1-5-9-23-42(24-10-6-2)27-15-21-38-36(44)40-34-19-13-17-32(30-34)29-33-18-14-20-35(31-33)41-37(45)39-22-16-28-43(25-11-7-3)26-12-8-4/h13-14,17-20,30-31H,5-12,15-16,21-29H2,1-4H3,(H2,38,40,44)(H2,39,41,45). The molecule has 4 amide bonds. The molecule has 0 atom stereocenters. The Kier molecular flexibility index (Phi) is 20.5. The van der Waals surface area contributed by atoms with Gasteiger partial charge in [-0.1, -0.05) is 77.6 Å². The first kappa shape index (κ1) is 38.1. The van der Waals surface area contributed by atoms with Gasteiger partial charge < -0.3 is 31.1 Å². The zero-order valence-electron chi connectivity index (χ0n) is 28.8. The Morgan fingerprint density at radius 3 is 1.24 bits per heavy atom. The van der Waals surface area contributed by atoms with Crippen molar-refractivity contribution in [2.24, 2.45) is 0 Å². The lowest BCUT2D eigenvalue weighted by Crippen LogP contribution is -2.33. The second-order valence-corrected chi connectivity index (χ2v) is 12.1. The van der Waals surface area contributed by atoms with Gasteiger partial charge in [0.2, 0.25) is 0 Å². The van der Waals surface area contributed by atoms with Crippen LogP contribution < -0.4 is 21.3 Å². The van der Waals surface area contributed by atoms with E-state index in [0.29, 0.717) is 19.5 Å². The van der Waals surface area contributed by atoms with Crippen LogP contribution >= 0.6 is 0 Å². The van der Waals surface area contributed by atoms with E-state index < -0.39 is 0 Å². The SMILES string of the molecule is CCCCN(CCCC)CCCNC(=O)Nc1cccc(Cc2cccc(NC(=O)NCCCN(CCCC)CCCC)c2)c1. The van der Waals surface area contributed by atoms with Crippen LogP contribution in [0.15, 0.2) is 48.5 Å². The third-order valence-electron chi connectivity index (χ3n) is 7.96. The lowest BCUT2D eigenvalue weighted by Gasteiger charge is -2.22. The number of benzene rings is 2. The maximum Gasteiger partial charge on any atom is 0.319 e. The van der Waals surface area contributed by atoms with Gasteiger partial charge in [0.05, 0.1) is 0 Å². The molecule has 0 aliphatic carbocycles. The van der Waals surface area contributed by atoms with Crippen LogP contribution in [0.4, 0.5) is 21.0 Å². The average molecular weight is 623 g/mol. The van der Waals surface area contributed by atoms with E-state index in [1.165, 1.54) is 51.4 Å². The Balaban J connectivity index is 1.76. The van der Waals surface area contributed by atoms with E-state index in [2.05, 4.69) is 70.9 Å². The quantitative estimate of drug-likeness (QED) is 0.0891. The second kappa shape index (κ2) is 24.2. The largest absolute Gasteiger partial charge is 0.338 e. The normalized spacial score (nSPS) is 11.2. The highest BCUT2D eigenvalue weighted by Gasteiger charge is 2.08. The molecule has 0 heterocycles. The number of urea groups is 2. The molecule has 0 saturated heterocycles. The first-order valence-electron chi connectivity index (χ1n) is 17.7. The minimum Gasteiger partial charge on any atom is -0.338 e. The fourth-order valence-corrected chi connectivity index (χ4v) is 5.31. The number of carbonyl (C=O) groups excluding carboxylic acids is 2. The van der Waals surface area contributed by atoms with Gasteiger partial charge >= 0.3 is 12.1 Å². The Morgan fingerprint density at radius 1 is 0.533 bits per heavy atom. The Hall–Kier alpha value is -3.10. The van der Waals surface area contributed by atoms with Crippen molar-refractivity contribution in [2.45, 2.75) is 98.3 Å². The minimum absolute atomic E-state index is 0.173. The summed E-state index contributed by atoms with van der Waals surface area (Å²) in [7, 11) is 0. The average Bonchev–Trinajstić information content (AvgIpc) is 3.03. The highest BCUT2D eigenvalue weighted by atomic mass is 16.2. The van der Waals surface area contributed by atoms with Gasteiger partial charge in [0.15, 0.2) is 0 Å². The van der Waals surface area contributed by atoms with Gasteiger partial charge in [0.1, 0.15) is 0 Å². The third-order valence-corrected chi connectivity index (χ3v) is 7.96. The highest BCUT2D eigenvalue weighted by Crippen LogP contribution is 2.18. The van der Waals surface area contributed by atoms with Crippen LogP contribution in [0.5, 0.6) is 0 Å². The van der Waals surface area contributed by atoms with Crippen molar-refractivity contribution >= 4 is 23.4 Å². The number of unbranched alkanes of at least 4 members (excludes halogenated alkanes) is 4. The highest BCUT2D eigenvalue weighted by molar-refractivity contribution is 5.89. The molecule has 8 nitrogen and oxygen atoms in total. The second-order valence-electron chi connectivity index (χ2n) is 12.1. The van der Waals surface area contributed by atoms with Crippen molar-refractivity contribution < 1.29 is 9.59 Å². The van der Waals surface area contributed by atoms with Crippen molar-refractivity contribution in [3.63, 3.8) is 0 Å². The van der Waals surface area contributed by atoms with Gasteiger partial charge in [-0.05, 0) is 120 Å². The number of nitrogens with zero attached hydrogens (tertiary/aromatic N) is 2. The molecule has 0 aliphatic heterocycles. The van der Waals surface area contributed by atoms with Gasteiger partial charge in [0.25, 0.3) is 0 Å². The molecule has 8 heteroatoms. The molecule has 0 spiro atoms. The molecule has 0 radical (unpaired) electrons. The number of hydrogen-bond donors (Lipinski definition) is 4. The van der Waals surface area contributed by atoms with Gasteiger partial charge in [0, 0.05) is 24.5 Å². The molecule has 0 unspecified atom stereocenters. The molecule has 252 valence electrons. The van der Waals surface area contributed by atoms with Crippen LogP contribution in [0.1, 0.15) is 103 Å². The van der Waals surface area contributed by atoms with E-state index in [1.54, 1.807) is 0 Å². The van der Waals surface area contributed by atoms with Crippen molar-refractivity contribution in [3.05, 3.63) is 59.7 Å². The molecule has 2 rings (SSSR count). The van der Waals surface area contributed by atoms with Crippen molar-refractivity contribution in [1.29, 1.82) is 0 Å². The lowest BCUT2D eigenvalue weighted by atomic mass is 10.0. The summed E-state index contributed by atoms with van der Waals surface area (Å²) in [5, 5.41) is 12.0. The molecule has 0 bridgehead atoms. The molecule has 4 N–H and O–H groups in total. The van der Waals surface area contributed by atoms with Gasteiger partial charge in [-0.15, -0.1) is 0 Å². The van der Waals surface area contributed by atoms with Gasteiger partial charge in [-0.3, -0.25) is 0 Å². The number of rotatable bonds is 24. The number of hydrogen-bond acceptors (Lipinski definition) is 4. The van der Waals surface area contributed by atoms with E-state index in [9.17, 15) is 9.59 Å². The Labute approximate surface area is 274 Å². The van der Waals surface area contributed by atoms with Crippen LogP contribution in [0, 0.1) is 0 Å². The van der Waals surface area contributed by atoms with E-state index in [-0.39, 0.29) is 12.1 Å². The van der Waals surface area contributed by atoms with Crippen LogP contribution in [-0.2, 0) is 6.42 Å². The maximum atomic E-state index is 12.5. The fourth-order valence-electron chi connectivity index (χ4n) is 5.31. The minimum atomic E-state index is -0.173. The zero-order chi connectivity index (χ0) is 32.5. The van der Waals surface area contributed by atoms with Crippen LogP contribution in [0.25, 0.3) is 0 Å². The van der Waals surface area contributed by atoms with E-state index >= 15 is 0 Å². The summed E-state index contributed by atoms with van der Waals surface area (Å²) in [6.07, 6.45) is 12.3. The van der Waals surface area contributed by atoms with Crippen LogP contribution in [-0.4, -0.2) is 74.2 Å². The Bertz CT molecular complexity index is 979. The van der Waals surface area contributed by atoms with E-state index in [0.717, 1.165) is 74.6 Å². The topological polar surface area (TPSA) is 88.7 Å². The molecule has 0 aliphatic rings. The lowest BCUT2D eigenvalue weighted by molar-refractivity contribution is 0.246. The Morgan fingerprint density at radius 2 is 0.889 bits per heavy atom. The predicted molar refractivity (Wildman–Crippen MR) is 191 cm³/mol. The molecule has 0 saturated carbocycles. The van der Waals surface area contributed by atoms with Gasteiger partial charge in [-0.2, -0.15) is 0 Å². The van der Waals surface area contributed by atoms with E-state index in [1.807, 2.05) is 36.4 Å². The zero-order valence-corrected chi connectivity index (χ0v) is 28.8. The number of nitrogens with one attached hydrogen (secondary N) is 4. The molecule has 0 fully saturated rings. The maximum absolute atomic E-state index is 12.5. The van der Waals surface area contributed by atoms with Crippen LogP contribution in [0.2, 0.25) is 0 Å². The summed E-state index contributed by atoms with van der Waals surface area (Å²) in [6, 6.07) is 15.5. The first-order valence-corrected chi connectivity index (χ1v) is 17.7. The molecule has 2 aromatic rings. The molecule has 45 heavy (non-hydrogen) atoms. The predicted octanol–water partition coefficient (Wildman–Crippen LogP) is 8.11. The molecule has 2 aromatic carbocycles. The van der Waals surface area contributed by atoms with Crippen molar-refractivity contribution in [2.75, 3.05) is 63.0 Å². The molecular formula is C37H62N6O2. The number of anilines is 2. The monoisotopic (exact) mass is 622 g/mol. The fraction of sp³-hybridized carbons (Fsp3) is 0.622. The third kappa shape index (κ3) is 17.8. The summed E-state index contributed by atoms with van der Waals surface area (Å²) < 4.78 is 0. The number of carbonyl (C=O) groups is 2. The summed E-state index contributed by atoms with van der Waals surface area (Å²) in [4.78, 5) is 30.1. The number of amides is 4. The summed E-state index contributed by atoms with van der Waals surface area (Å²) in [5.41, 5.74) is 3.73. The van der Waals surface area contributed by atoms with Crippen molar-refractivity contribution in [3.8, 4) is 0 Å². The summed E-state index contributed by atoms with van der Waals surface area (Å²) in [5.74, 6) is 0.